The van der Waals surface area contributed by atoms with E-state index < -0.39 is 26.5 Å². The summed E-state index contributed by atoms with van der Waals surface area (Å²) < 4.78 is 32.8. The van der Waals surface area contributed by atoms with Crippen molar-refractivity contribution in [3.8, 4) is 0 Å². The van der Waals surface area contributed by atoms with E-state index in [1.165, 1.54) is 167 Å². The lowest BCUT2D eigenvalue weighted by Gasteiger charge is -2.19. The summed E-state index contributed by atoms with van der Waals surface area (Å²) in [6.07, 6.45) is 59.4. The van der Waals surface area contributed by atoms with Gasteiger partial charge in [0.1, 0.15) is 6.61 Å². The number of esters is 2. The molecule has 0 amide bonds. The van der Waals surface area contributed by atoms with Crippen LogP contribution >= 0.6 is 7.82 Å². The Morgan fingerprint density at radius 1 is 0.469 bits per heavy atom. The number of nitrogens with two attached hydrogens (primary N) is 1. The number of phosphoric ester groups is 1. The molecule has 0 aromatic rings. The molecule has 0 spiro atoms. The zero-order valence-electron chi connectivity index (χ0n) is 41.8. The van der Waals surface area contributed by atoms with Gasteiger partial charge in [0.15, 0.2) is 6.10 Å². The number of allylic oxidation sites excluding steroid dienone is 6. The molecule has 0 aliphatic carbocycles. The molecule has 9 nitrogen and oxygen atoms in total. The van der Waals surface area contributed by atoms with E-state index in [0.717, 1.165) is 64.2 Å². The minimum absolute atomic E-state index is 0.0536. The van der Waals surface area contributed by atoms with E-state index in [0.29, 0.717) is 6.42 Å². The Kier molecular flexibility index (Phi) is 49.2. The second-order valence-electron chi connectivity index (χ2n) is 18.1. The Bertz CT molecular complexity index is 1140. The van der Waals surface area contributed by atoms with Gasteiger partial charge in [-0.2, -0.15) is 0 Å². The molecular formula is C54H102NO8P. The molecule has 0 radical (unpaired) electrons. The van der Waals surface area contributed by atoms with Crippen molar-refractivity contribution >= 4 is 19.8 Å². The molecular weight excluding hydrogens is 822 g/mol. The largest absolute Gasteiger partial charge is 0.472 e. The Hall–Kier alpha value is -1.77. The molecule has 0 aromatic carbocycles. The van der Waals surface area contributed by atoms with Gasteiger partial charge in [0, 0.05) is 19.4 Å². The monoisotopic (exact) mass is 924 g/mol. The predicted molar refractivity (Wildman–Crippen MR) is 270 cm³/mol. The lowest BCUT2D eigenvalue weighted by atomic mass is 10.0. The van der Waals surface area contributed by atoms with Crippen molar-refractivity contribution < 1.29 is 37.6 Å². The van der Waals surface area contributed by atoms with Crippen LogP contribution in [-0.4, -0.2) is 49.3 Å². The Balaban J connectivity index is 3.80. The van der Waals surface area contributed by atoms with Crippen LogP contribution in [0.15, 0.2) is 36.5 Å². The molecule has 64 heavy (non-hydrogen) atoms. The van der Waals surface area contributed by atoms with Gasteiger partial charge in [0.05, 0.1) is 13.2 Å². The zero-order valence-corrected chi connectivity index (χ0v) is 42.7. The van der Waals surface area contributed by atoms with Crippen LogP contribution in [-0.2, 0) is 32.7 Å². The fraction of sp³-hybridized carbons (Fsp3) is 0.852. The van der Waals surface area contributed by atoms with Crippen LogP contribution in [0.25, 0.3) is 0 Å². The van der Waals surface area contributed by atoms with Crippen LogP contribution in [0.5, 0.6) is 0 Å². The van der Waals surface area contributed by atoms with Crippen molar-refractivity contribution in [1.82, 2.24) is 0 Å². The quantitative estimate of drug-likeness (QED) is 0.0265. The first kappa shape index (κ1) is 62.2. The SMILES string of the molecule is CCC/C=C\CCCCCCCC(=O)OCC(COP(=O)(O)OCCN)OC(=O)CCCCCCCCCCCCCCCCCCCCCCC/C=C\C/C=C\CCCCCCC. The van der Waals surface area contributed by atoms with E-state index >= 15 is 0 Å². The summed E-state index contributed by atoms with van der Waals surface area (Å²) in [6, 6.07) is 0. The van der Waals surface area contributed by atoms with Gasteiger partial charge in [-0.3, -0.25) is 18.6 Å². The molecule has 3 N–H and O–H groups in total. The number of rotatable bonds is 51. The van der Waals surface area contributed by atoms with Crippen molar-refractivity contribution in [3.63, 3.8) is 0 Å². The van der Waals surface area contributed by atoms with Crippen molar-refractivity contribution in [2.75, 3.05) is 26.4 Å². The van der Waals surface area contributed by atoms with E-state index in [1.807, 2.05) is 0 Å². The van der Waals surface area contributed by atoms with Gasteiger partial charge in [-0.1, -0.05) is 224 Å². The van der Waals surface area contributed by atoms with E-state index in [1.54, 1.807) is 0 Å². The first-order valence-electron chi connectivity index (χ1n) is 27.0. The highest BCUT2D eigenvalue weighted by atomic mass is 31.2. The number of hydrogen-bond donors (Lipinski definition) is 2. The normalized spacial score (nSPS) is 13.4. The molecule has 10 heteroatoms. The van der Waals surface area contributed by atoms with Crippen LogP contribution < -0.4 is 5.73 Å². The number of phosphoric acid groups is 1. The van der Waals surface area contributed by atoms with Crippen molar-refractivity contribution in [3.05, 3.63) is 36.5 Å². The van der Waals surface area contributed by atoms with Crippen LogP contribution in [0.2, 0.25) is 0 Å². The summed E-state index contributed by atoms with van der Waals surface area (Å²) in [5, 5.41) is 0. The molecule has 0 aromatic heterocycles. The Morgan fingerprint density at radius 3 is 1.27 bits per heavy atom. The third-order valence-electron chi connectivity index (χ3n) is 11.7. The smallest absolute Gasteiger partial charge is 0.462 e. The Morgan fingerprint density at radius 2 is 0.844 bits per heavy atom. The lowest BCUT2D eigenvalue weighted by molar-refractivity contribution is -0.161. The molecule has 0 heterocycles. The fourth-order valence-corrected chi connectivity index (χ4v) is 8.49. The average Bonchev–Trinajstić information content (AvgIpc) is 3.28. The van der Waals surface area contributed by atoms with E-state index in [4.69, 9.17) is 24.3 Å². The van der Waals surface area contributed by atoms with E-state index in [-0.39, 0.29) is 38.6 Å². The van der Waals surface area contributed by atoms with Crippen molar-refractivity contribution in [2.45, 2.75) is 270 Å². The minimum atomic E-state index is -4.38. The second-order valence-corrected chi connectivity index (χ2v) is 19.5. The number of carbonyl (C=O) groups is 2. The van der Waals surface area contributed by atoms with Gasteiger partial charge >= 0.3 is 19.8 Å². The maximum absolute atomic E-state index is 12.6. The maximum Gasteiger partial charge on any atom is 0.472 e. The van der Waals surface area contributed by atoms with Crippen LogP contribution in [0, 0.1) is 0 Å². The average molecular weight is 924 g/mol. The molecule has 0 rings (SSSR count). The number of carbonyl (C=O) groups excluding carboxylic acids is 2. The summed E-state index contributed by atoms with van der Waals surface area (Å²) in [7, 11) is -4.38. The predicted octanol–water partition coefficient (Wildman–Crippen LogP) is 16.5. The standard InChI is InChI=1S/C54H102NO8P/c1-3-5-7-9-11-13-15-16-17-18-19-20-21-22-23-24-25-26-27-28-29-30-31-32-33-34-35-36-37-39-41-43-45-47-54(57)63-52(51-62-64(58,59)61-49-48-55)50-60-53(56)46-44-42-40-38-14-12-10-8-6-4-2/h8,10,15-16,18-19,52H,3-7,9,11-14,17,20-51,55H2,1-2H3,(H,58,59)/b10-8-,16-15-,19-18-. The molecule has 0 aliphatic rings. The molecule has 0 fully saturated rings. The maximum atomic E-state index is 12.6. The fourth-order valence-electron chi connectivity index (χ4n) is 7.73. The molecule has 2 atom stereocenters. The summed E-state index contributed by atoms with van der Waals surface area (Å²) >= 11 is 0. The molecule has 0 saturated heterocycles. The van der Waals surface area contributed by atoms with Gasteiger partial charge in [0.25, 0.3) is 0 Å². The highest BCUT2D eigenvalue weighted by Crippen LogP contribution is 2.43. The van der Waals surface area contributed by atoms with Crippen molar-refractivity contribution in [1.29, 1.82) is 0 Å². The molecule has 0 saturated carbocycles. The molecule has 376 valence electrons. The third-order valence-corrected chi connectivity index (χ3v) is 12.7. The van der Waals surface area contributed by atoms with E-state index in [9.17, 15) is 19.0 Å². The first-order valence-corrected chi connectivity index (χ1v) is 28.5. The van der Waals surface area contributed by atoms with Crippen molar-refractivity contribution in [2.24, 2.45) is 5.73 Å². The summed E-state index contributed by atoms with van der Waals surface area (Å²) in [6.45, 7) is 3.68. The highest BCUT2D eigenvalue weighted by molar-refractivity contribution is 7.47. The molecule has 0 bridgehead atoms. The molecule has 0 aliphatic heterocycles. The van der Waals surface area contributed by atoms with Gasteiger partial charge < -0.3 is 20.1 Å². The van der Waals surface area contributed by atoms with Gasteiger partial charge in [0.2, 0.25) is 0 Å². The van der Waals surface area contributed by atoms with Crippen LogP contribution in [0.3, 0.4) is 0 Å². The first-order chi connectivity index (χ1) is 31.3. The summed E-state index contributed by atoms with van der Waals surface area (Å²) in [5.41, 5.74) is 5.36. The zero-order chi connectivity index (χ0) is 46.7. The van der Waals surface area contributed by atoms with Gasteiger partial charge in [-0.05, 0) is 64.2 Å². The van der Waals surface area contributed by atoms with Gasteiger partial charge in [-0.25, -0.2) is 4.57 Å². The van der Waals surface area contributed by atoms with E-state index in [2.05, 4.69) is 50.3 Å². The lowest BCUT2D eigenvalue weighted by Crippen LogP contribution is -2.29. The highest BCUT2D eigenvalue weighted by Gasteiger charge is 2.26. The minimum Gasteiger partial charge on any atom is -0.462 e. The van der Waals surface area contributed by atoms with Crippen LogP contribution in [0.1, 0.15) is 264 Å². The summed E-state index contributed by atoms with van der Waals surface area (Å²) in [5.74, 6) is -0.831. The third kappa shape index (κ3) is 49.7. The molecule has 2 unspecified atom stereocenters. The topological polar surface area (TPSA) is 134 Å². The second kappa shape index (κ2) is 50.6. The van der Waals surface area contributed by atoms with Gasteiger partial charge in [-0.15, -0.1) is 0 Å². The summed E-state index contributed by atoms with van der Waals surface area (Å²) in [4.78, 5) is 34.9. The van der Waals surface area contributed by atoms with Crippen LogP contribution in [0.4, 0.5) is 0 Å². The number of unbranched alkanes of at least 4 members (excludes halogenated alkanes) is 32. The Labute approximate surface area is 394 Å². The number of ether oxygens (including phenoxy) is 2. The number of hydrogen-bond acceptors (Lipinski definition) is 8.